The van der Waals surface area contributed by atoms with E-state index in [1.807, 2.05) is 0 Å². The van der Waals surface area contributed by atoms with Gasteiger partial charge in [0.25, 0.3) is 5.89 Å². The van der Waals surface area contributed by atoms with Crippen molar-refractivity contribution in [3.05, 3.63) is 58.2 Å². The molecule has 0 amide bonds. The fraction of sp³-hybridized carbons (Fsp3) is 0. The van der Waals surface area contributed by atoms with E-state index in [4.69, 9.17) is 11.1 Å². The van der Waals surface area contributed by atoms with Crippen molar-refractivity contribution in [2.24, 2.45) is 0 Å². The molecular weight excluding hydrogens is 339 g/mol. The topological polar surface area (TPSA) is 56.2 Å². The van der Waals surface area contributed by atoms with Gasteiger partial charge in [-0.15, -0.1) is 0 Å². The van der Waals surface area contributed by atoms with E-state index in [2.05, 4.69) is 35.9 Å². The first-order valence-corrected chi connectivity index (χ1v) is 6.59. The lowest BCUT2D eigenvalue weighted by Gasteiger charge is -1.96. The van der Waals surface area contributed by atoms with Gasteiger partial charge in [-0.3, -0.25) is 4.98 Å². The van der Waals surface area contributed by atoms with Gasteiger partial charge in [-0.05, 0) is 24.3 Å². The molecule has 0 unspecified atom stereocenters. The summed E-state index contributed by atoms with van der Waals surface area (Å²) >= 11 is 3.21. The monoisotopic (exact) mass is 344 g/mol. The van der Waals surface area contributed by atoms with Gasteiger partial charge < -0.3 is 4.52 Å². The van der Waals surface area contributed by atoms with Gasteiger partial charge in [0, 0.05) is 16.2 Å². The minimum atomic E-state index is -0.404. The Morgan fingerprint density at radius 3 is 2.76 bits per heavy atom. The van der Waals surface area contributed by atoms with Gasteiger partial charge in [0.05, 0.1) is 6.57 Å². The summed E-state index contributed by atoms with van der Waals surface area (Å²) in [5, 5.41) is 3.81. The third-order valence-corrected chi connectivity index (χ3v) is 3.10. The Kier molecular flexibility index (Phi) is 3.46. The van der Waals surface area contributed by atoms with Crippen molar-refractivity contribution < 1.29 is 8.91 Å². The molecule has 102 valence electrons. The maximum absolute atomic E-state index is 13.4. The van der Waals surface area contributed by atoms with E-state index in [0.29, 0.717) is 21.4 Å². The summed E-state index contributed by atoms with van der Waals surface area (Å²) in [7, 11) is 0. The Hall–Kier alpha value is -2.59. The molecule has 0 saturated heterocycles. The molecule has 3 aromatic rings. The van der Waals surface area contributed by atoms with Crippen LogP contribution in [0.2, 0.25) is 0 Å². The van der Waals surface area contributed by atoms with E-state index in [-0.39, 0.29) is 11.7 Å². The zero-order chi connectivity index (χ0) is 14.8. The quantitative estimate of drug-likeness (QED) is 0.652. The van der Waals surface area contributed by atoms with Gasteiger partial charge in [0.15, 0.2) is 0 Å². The number of hydrogen-bond acceptors (Lipinski definition) is 4. The fourth-order valence-electron chi connectivity index (χ4n) is 1.71. The van der Waals surface area contributed by atoms with Crippen molar-refractivity contribution in [3.8, 4) is 23.0 Å². The SMILES string of the molecule is [C-]#[N+]c1ccc(-c2noc(-c3cc(F)cc(Br)c3)n2)nc1. The number of aromatic nitrogens is 3. The van der Waals surface area contributed by atoms with Gasteiger partial charge >= 0.3 is 0 Å². The normalized spacial score (nSPS) is 10.3. The number of halogens is 2. The molecule has 7 heteroatoms. The van der Waals surface area contributed by atoms with Gasteiger partial charge in [-0.2, -0.15) is 4.98 Å². The molecule has 0 fully saturated rings. The van der Waals surface area contributed by atoms with Crippen molar-refractivity contribution in [3.63, 3.8) is 0 Å². The van der Waals surface area contributed by atoms with Gasteiger partial charge in [0.2, 0.25) is 11.5 Å². The summed E-state index contributed by atoms with van der Waals surface area (Å²) in [5.41, 5.74) is 1.38. The van der Waals surface area contributed by atoms with Crippen LogP contribution in [-0.4, -0.2) is 15.1 Å². The molecule has 2 aromatic heterocycles. The standard InChI is InChI=1S/C14H6BrFN4O/c1-17-11-2-3-12(18-7-11)13-19-14(21-20-13)8-4-9(15)6-10(16)5-8/h2-7H. The molecule has 0 bridgehead atoms. The first kappa shape index (κ1) is 13.4. The van der Waals surface area contributed by atoms with Crippen LogP contribution >= 0.6 is 15.9 Å². The van der Waals surface area contributed by atoms with Crippen LogP contribution in [0.1, 0.15) is 0 Å². The molecule has 0 aliphatic rings. The summed E-state index contributed by atoms with van der Waals surface area (Å²) in [6.07, 6.45) is 1.43. The highest BCUT2D eigenvalue weighted by Gasteiger charge is 2.13. The molecule has 0 aliphatic heterocycles. The van der Waals surface area contributed by atoms with Crippen LogP contribution in [0.4, 0.5) is 10.1 Å². The van der Waals surface area contributed by atoms with Crippen LogP contribution in [0, 0.1) is 12.4 Å². The molecule has 0 spiro atoms. The second-order valence-corrected chi connectivity index (χ2v) is 5.01. The number of rotatable bonds is 2. The Morgan fingerprint density at radius 2 is 2.10 bits per heavy atom. The first-order valence-electron chi connectivity index (χ1n) is 5.80. The van der Waals surface area contributed by atoms with Crippen molar-refractivity contribution in [2.75, 3.05) is 0 Å². The molecule has 5 nitrogen and oxygen atoms in total. The summed E-state index contributed by atoms with van der Waals surface area (Å²) < 4.78 is 19.1. The van der Waals surface area contributed by atoms with Gasteiger partial charge in [-0.1, -0.05) is 27.2 Å². The summed E-state index contributed by atoms with van der Waals surface area (Å²) in [5.74, 6) is 0.0711. The van der Waals surface area contributed by atoms with Crippen molar-refractivity contribution in [1.82, 2.24) is 15.1 Å². The Bertz CT molecular complexity index is 819. The summed E-state index contributed by atoms with van der Waals surface area (Å²) in [4.78, 5) is 11.5. The van der Waals surface area contributed by atoms with Crippen LogP contribution in [0.25, 0.3) is 27.8 Å². The van der Waals surface area contributed by atoms with Crippen LogP contribution in [0.5, 0.6) is 0 Å². The molecule has 21 heavy (non-hydrogen) atoms. The fourth-order valence-corrected chi connectivity index (χ4v) is 2.17. The zero-order valence-corrected chi connectivity index (χ0v) is 12.0. The molecule has 0 atom stereocenters. The third-order valence-electron chi connectivity index (χ3n) is 2.64. The van der Waals surface area contributed by atoms with E-state index >= 15 is 0 Å². The Morgan fingerprint density at radius 1 is 1.24 bits per heavy atom. The van der Waals surface area contributed by atoms with Crippen LogP contribution < -0.4 is 0 Å². The molecule has 0 radical (unpaired) electrons. The van der Waals surface area contributed by atoms with E-state index in [1.165, 1.54) is 18.3 Å². The van der Waals surface area contributed by atoms with Crippen molar-refractivity contribution in [1.29, 1.82) is 0 Å². The van der Waals surface area contributed by atoms with Crippen molar-refractivity contribution >= 4 is 21.6 Å². The minimum absolute atomic E-state index is 0.196. The maximum atomic E-state index is 13.4. The molecule has 2 heterocycles. The zero-order valence-electron chi connectivity index (χ0n) is 10.4. The predicted molar refractivity (Wildman–Crippen MR) is 76.9 cm³/mol. The van der Waals surface area contributed by atoms with Crippen LogP contribution in [0.3, 0.4) is 0 Å². The lowest BCUT2D eigenvalue weighted by Crippen LogP contribution is -1.85. The number of pyridine rings is 1. The summed E-state index contributed by atoms with van der Waals surface area (Å²) in [6.45, 7) is 6.87. The molecular formula is C14H6BrFN4O. The van der Waals surface area contributed by atoms with Crippen LogP contribution in [-0.2, 0) is 0 Å². The largest absolute Gasteiger partial charge is 0.334 e. The Balaban J connectivity index is 1.97. The third kappa shape index (κ3) is 2.80. The highest BCUT2D eigenvalue weighted by Crippen LogP contribution is 2.25. The average molecular weight is 345 g/mol. The van der Waals surface area contributed by atoms with Gasteiger partial charge in [-0.25, -0.2) is 9.24 Å². The lowest BCUT2D eigenvalue weighted by atomic mass is 10.2. The minimum Gasteiger partial charge on any atom is -0.334 e. The average Bonchev–Trinajstić information content (AvgIpc) is 2.96. The number of hydrogen-bond donors (Lipinski definition) is 0. The van der Waals surface area contributed by atoms with Crippen molar-refractivity contribution in [2.45, 2.75) is 0 Å². The molecule has 0 N–H and O–H groups in total. The smallest absolute Gasteiger partial charge is 0.258 e. The molecule has 3 rings (SSSR count). The van der Waals surface area contributed by atoms with Gasteiger partial charge in [0.1, 0.15) is 11.5 Å². The highest BCUT2D eigenvalue weighted by molar-refractivity contribution is 9.10. The first-order chi connectivity index (χ1) is 10.2. The lowest BCUT2D eigenvalue weighted by molar-refractivity contribution is 0.432. The maximum Gasteiger partial charge on any atom is 0.258 e. The van der Waals surface area contributed by atoms with E-state index < -0.39 is 5.82 Å². The van der Waals surface area contributed by atoms with E-state index in [9.17, 15) is 4.39 Å². The molecule has 0 saturated carbocycles. The Labute approximate surface area is 127 Å². The number of benzene rings is 1. The van der Waals surface area contributed by atoms with E-state index in [0.717, 1.165) is 0 Å². The van der Waals surface area contributed by atoms with Crippen LogP contribution in [0.15, 0.2) is 45.5 Å². The predicted octanol–water partition coefficient (Wildman–Crippen LogP) is 4.25. The van der Waals surface area contributed by atoms with E-state index in [1.54, 1.807) is 18.2 Å². The molecule has 1 aromatic carbocycles. The highest BCUT2D eigenvalue weighted by atomic mass is 79.9. The molecule has 0 aliphatic carbocycles. The number of nitrogens with zero attached hydrogens (tertiary/aromatic N) is 4. The second-order valence-electron chi connectivity index (χ2n) is 4.09. The summed E-state index contributed by atoms with van der Waals surface area (Å²) in [6, 6.07) is 7.56. The second kappa shape index (κ2) is 5.42.